The molecule has 3 atom stereocenters. The van der Waals surface area contributed by atoms with Crippen LogP contribution in [0.5, 0.6) is 0 Å². The molecule has 3 nitrogen and oxygen atoms in total. The summed E-state index contributed by atoms with van der Waals surface area (Å²) in [4.78, 5) is 12.5. The Bertz CT molecular complexity index is 1240. The van der Waals surface area contributed by atoms with Gasteiger partial charge in [-0.15, -0.1) is 0 Å². The molecule has 3 unspecified atom stereocenters. The lowest BCUT2D eigenvalue weighted by Gasteiger charge is -2.20. The highest BCUT2D eigenvalue weighted by molar-refractivity contribution is 5.72. The molecule has 0 aliphatic rings. The fourth-order valence-electron chi connectivity index (χ4n) is 13.1. The van der Waals surface area contributed by atoms with E-state index in [2.05, 4.69) is 45.1 Å². The van der Waals surface area contributed by atoms with Crippen LogP contribution in [0.15, 0.2) is 24.3 Å². The Morgan fingerprint density at radius 1 is 0.289 bits per heavy atom. The SMILES string of the molecule is CCCCCCCCCCCCCCCCCCC=CCCCCCCCCCCCCCC=CC(C)CCCCCCCCCCCCCCCCCC(O)C(CCCCCCCCCCCCCCCCCCCCCC)C(=O)OC. The van der Waals surface area contributed by atoms with E-state index in [0.717, 1.165) is 38.0 Å². The van der Waals surface area contributed by atoms with Gasteiger partial charge in [-0.25, -0.2) is 0 Å². The maximum atomic E-state index is 12.5. The fourth-order valence-corrected chi connectivity index (χ4v) is 13.1. The summed E-state index contributed by atoms with van der Waals surface area (Å²) in [5, 5.41) is 10.9. The van der Waals surface area contributed by atoms with E-state index >= 15 is 0 Å². The molecule has 0 amide bonds. The summed E-state index contributed by atoms with van der Waals surface area (Å²) in [7, 11) is 1.48. The van der Waals surface area contributed by atoms with E-state index in [-0.39, 0.29) is 11.9 Å². The van der Waals surface area contributed by atoms with E-state index in [1.807, 2.05) is 0 Å². The van der Waals surface area contributed by atoms with Crippen LogP contribution in [0.4, 0.5) is 0 Å². The number of allylic oxidation sites excluding steroid dienone is 4. The monoisotopic (exact) mass is 1170 g/mol. The Kier molecular flexibility index (Phi) is 72.4. The zero-order valence-electron chi connectivity index (χ0n) is 57.9. The van der Waals surface area contributed by atoms with Crippen molar-refractivity contribution in [2.45, 2.75) is 463 Å². The van der Waals surface area contributed by atoms with Crippen molar-refractivity contribution in [1.82, 2.24) is 0 Å². The predicted molar refractivity (Wildman–Crippen MR) is 374 cm³/mol. The summed E-state index contributed by atoms with van der Waals surface area (Å²) in [6.45, 7) is 7.04. The quantitative estimate of drug-likeness (QED) is 0.0375. The van der Waals surface area contributed by atoms with Crippen LogP contribution in [0.1, 0.15) is 457 Å². The van der Waals surface area contributed by atoms with Crippen molar-refractivity contribution >= 4 is 5.97 Å². The second-order valence-corrected chi connectivity index (χ2v) is 27.5. The number of aliphatic hydroxyl groups excluding tert-OH is 1. The molecule has 494 valence electrons. The lowest BCUT2D eigenvalue weighted by Crippen LogP contribution is -2.29. The Morgan fingerprint density at radius 3 is 0.747 bits per heavy atom. The van der Waals surface area contributed by atoms with Crippen molar-refractivity contribution in [1.29, 1.82) is 0 Å². The maximum Gasteiger partial charge on any atom is 0.311 e. The Morgan fingerprint density at radius 2 is 0.494 bits per heavy atom. The third-order valence-electron chi connectivity index (χ3n) is 19.1. The van der Waals surface area contributed by atoms with E-state index < -0.39 is 6.10 Å². The molecule has 1 N–H and O–H groups in total. The molecular formula is C80H156O3. The first kappa shape index (κ1) is 81.9. The first-order chi connectivity index (χ1) is 41.1. The van der Waals surface area contributed by atoms with Gasteiger partial charge in [-0.05, 0) is 63.7 Å². The van der Waals surface area contributed by atoms with Gasteiger partial charge in [-0.3, -0.25) is 4.79 Å². The van der Waals surface area contributed by atoms with Gasteiger partial charge >= 0.3 is 5.97 Å². The number of unbranched alkanes of at least 4 members (excludes halogenated alkanes) is 61. The second kappa shape index (κ2) is 73.4. The molecule has 0 aliphatic heterocycles. The predicted octanol–water partition coefficient (Wildman–Crippen LogP) is 28.5. The number of esters is 1. The molecule has 0 heterocycles. The van der Waals surface area contributed by atoms with Crippen LogP contribution in [0.25, 0.3) is 0 Å². The van der Waals surface area contributed by atoms with Gasteiger partial charge in [0, 0.05) is 0 Å². The smallest absolute Gasteiger partial charge is 0.311 e. The zero-order valence-corrected chi connectivity index (χ0v) is 57.9. The Labute approximate surface area is 524 Å². The van der Waals surface area contributed by atoms with Gasteiger partial charge in [0.05, 0.1) is 19.1 Å². The molecule has 83 heavy (non-hydrogen) atoms. The molecule has 0 aromatic carbocycles. The average molecular weight is 1170 g/mol. The topological polar surface area (TPSA) is 46.5 Å². The summed E-state index contributed by atoms with van der Waals surface area (Å²) in [6.07, 6.45) is 103. The maximum absolute atomic E-state index is 12.5. The van der Waals surface area contributed by atoms with Gasteiger partial charge < -0.3 is 9.84 Å². The molecule has 0 rings (SSSR count). The second-order valence-electron chi connectivity index (χ2n) is 27.5. The first-order valence-electron chi connectivity index (χ1n) is 39.1. The number of methoxy groups -OCH3 is 1. The molecule has 0 aliphatic carbocycles. The van der Waals surface area contributed by atoms with E-state index in [9.17, 15) is 9.90 Å². The summed E-state index contributed by atoms with van der Waals surface area (Å²) in [5.41, 5.74) is 0. The molecule has 0 saturated carbocycles. The molecule has 3 heteroatoms. The van der Waals surface area contributed by atoms with Gasteiger partial charge in [0.2, 0.25) is 0 Å². The summed E-state index contributed by atoms with van der Waals surface area (Å²) < 4.78 is 5.12. The molecule has 0 fully saturated rings. The van der Waals surface area contributed by atoms with Crippen LogP contribution < -0.4 is 0 Å². The number of ether oxygens (including phenoxy) is 1. The third kappa shape index (κ3) is 68.3. The molecule has 0 saturated heterocycles. The van der Waals surface area contributed by atoms with E-state index in [1.54, 1.807) is 0 Å². The number of carbonyl (C=O) groups is 1. The Balaban J connectivity index is 3.44. The van der Waals surface area contributed by atoms with Crippen LogP contribution in [0.2, 0.25) is 0 Å². The molecule has 0 spiro atoms. The van der Waals surface area contributed by atoms with Crippen molar-refractivity contribution in [2.75, 3.05) is 7.11 Å². The van der Waals surface area contributed by atoms with Crippen molar-refractivity contribution in [3.8, 4) is 0 Å². The number of hydrogen-bond donors (Lipinski definition) is 1. The highest BCUT2D eigenvalue weighted by Crippen LogP contribution is 2.24. The fraction of sp³-hybridized carbons (Fsp3) is 0.938. The molecule has 0 radical (unpaired) electrons. The standard InChI is InChI=1S/C80H156O3/c1-5-7-9-11-13-15-17-19-21-23-25-27-28-29-30-31-32-33-34-35-36-37-38-39-40-42-45-49-53-57-61-65-69-73-77(3)74-70-66-62-58-54-50-46-44-48-52-56-60-64-68-72-76-79(81)78(80(82)83-4)75-71-67-63-59-55-51-47-43-41-26-24-22-20-18-16-14-12-10-8-6-2/h33-34,69,73,77-79,81H,5-32,35-68,70-72,74-76H2,1-4H3. The van der Waals surface area contributed by atoms with Crippen LogP contribution in [0.3, 0.4) is 0 Å². The molecule has 0 aromatic heterocycles. The number of carbonyl (C=O) groups excluding carboxylic acids is 1. The minimum atomic E-state index is -0.555. The van der Waals surface area contributed by atoms with E-state index in [4.69, 9.17) is 4.74 Å². The van der Waals surface area contributed by atoms with Gasteiger partial charge in [0.1, 0.15) is 0 Å². The number of hydrogen-bond acceptors (Lipinski definition) is 3. The minimum Gasteiger partial charge on any atom is -0.469 e. The average Bonchev–Trinajstić information content (AvgIpc) is 3.52. The highest BCUT2D eigenvalue weighted by atomic mass is 16.5. The highest BCUT2D eigenvalue weighted by Gasteiger charge is 2.26. The van der Waals surface area contributed by atoms with Crippen molar-refractivity contribution in [3.05, 3.63) is 24.3 Å². The lowest BCUT2D eigenvalue weighted by atomic mass is 9.91. The van der Waals surface area contributed by atoms with Crippen molar-refractivity contribution < 1.29 is 14.6 Å². The van der Waals surface area contributed by atoms with Gasteiger partial charge in [-0.2, -0.15) is 0 Å². The molecule has 0 aromatic rings. The summed E-state index contributed by atoms with van der Waals surface area (Å²) >= 11 is 0. The van der Waals surface area contributed by atoms with Crippen LogP contribution in [-0.2, 0) is 9.53 Å². The molecule has 0 bridgehead atoms. The number of aliphatic hydroxyl groups is 1. The minimum absolute atomic E-state index is 0.213. The van der Waals surface area contributed by atoms with Crippen LogP contribution >= 0.6 is 0 Å². The normalized spacial score (nSPS) is 13.1. The van der Waals surface area contributed by atoms with Crippen LogP contribution in [-0.4, -0.2) is 24.3 Å². The largest absolute Gasteiger partial charge is 0.469 e. The van der Waals surface area contributed by atoms with Crippen molar-refractivity contribution in [2.24, 2.45) is 11.8 Å². The van der Waals surface area contributed by atoms with Gasteiger partial charge in [0.25, 0.3) is 0 Å². The van der Waals surface area contributed by atoms with E-state index in [1.165, 1.54) is 412 Å². The van der Waals surface area contributed by atoms with Crippen LogP contribution in [0, 0.1) is 11.8 Å². The molecular weight excluding hydrogens is 1010 g/mol. The van der Waals surface area contributed by atoms with Gasteiger partial charge in [0.15, 0.2) is 0 Å². The van der Waals surface area contributed by atoms with Crippen molar-refractivity contribution in [3.63, 3.8) is 0 Å². The summed E-state index contributed by atoms with van der Waals surface area (Å²) in [6, 6.07) is 0. The lowest BCUT2D eigenvalue weighted by molar-refractivity contribution is -0.150. The first-order valence-corrected chi connectivity index (χ1v) is 39.1. The third-order valence-corrected chi connectivity index (χ3v) is 19.1. The Hall–Kier alpha value is -1.09. The zero-order chi connectivity index (χ0) is 59.9. The summed E-state index contributed by atoms with van der Waals surface area (Å²) in [5.74, 6) is 0.185. The van der Waals surface area contributed by atoms with E-state index in [0.29, 0.717) is 0 Å². The van der Waals surface area contributed by atoms with Gasteiger partial charge in [-0.1, -0.05) is 424 Å². The number of rotatable bonds is 73.